The average molecular weight is 343 g/mol. The van der Waals surface area contributed by atoms with Crippen LogP contribution in [-0.4, -0.2) is 19.5 Å². The van der Waals surface area contributed by atoms with Gasteiger partial charge in [0.15, 0.2) is 5.69 Å². The fraction of sp³-hybridized carbons (Fsp3) is 0. The van der Waals surface area contributed by atoms with Crippen LogP contribution in [0.15, 0.2) is 76.3 Å². The molecule has 1 heterocycles. The molecule has 0 radical (unpaired) electrons. The summed E-state index contributed by atoms with van der Waals surface area (Å²) in [5, 5.41) is 6.15. The van der Waals surface area contributed by atoms with E-state index in [2.05, 4.69) is 19.7 Å². The van der Waals surface area contributed by atoms with E-state index in [4.69, 9.17) is 0 Å². The first-order valence-corrected chi connectivity index (χ1v) is 8.42. The van der Waals surface area contributed by atoms with Gasteiger partial charge in [0.05, 0.1) is 10.6 Å². The average Bonchev–Trinajstić information content (AvgIpc) is 3.10. The molecule has 2 N–H and O–H groups in total. The van der Waals surface area contributed by atoms with Crippen molar-refractivity contribution >= 4 is 27.3 Å². The lowest BCUT2D eigenvalue weighted by molar-refractivity contribution is 0.101. The van der Waals surface area contributed by atoms with E-state index in [1.165, 1.54) is 30.5 Å². The van der Waals surface area contributed by atoms with Gasteiger partial charge < -0.3 is 9.84 Å². The SMILES string of the molecule is O=C(Nc1cccc(NS(=O)(=O)c2ccccc2)c1)c1ccon1. The molecule has 7 nitrogen and oxygen atoms in total. The fourth-order valence-corrected chi connectivity index (χ4v) is 3.07. The van der Waals surface area contributed by atoms with Crippen LogP contribution in [0.2, 0.25) is 0 Å². The second kappa shape index (κ2) is 6.55. The molecule has 0 saturated heterocycles. The summed E-state index contributed by atoms with van der Waals surface area (Å²) < 4.78 is 31.7. The third-order valence-electron chi connectivity index (χ3n) is 3.10. The van der Waals surface area contributed by atoms with Crippen LogP contribution in [0.1, 0.15) is 10.5 Å². The molecule has 122 valence electrons. The summed E-state index contributed by atoms with van der Waals surface area (Å²) in [4.78, 5) is 12.1. The number of hydrogen-bond donors (Lipinski definition) is 2. The number of hydrogen-bond acceptors (Lipinski definition) is 5. The number of sulfonamides is 1. The second-order valence-electron chi connectivity index (χ2n) is 4.84. The van der Waals surface area contributed by atoms with Crippen LogP contribution in [0.4, 0.5) is 11.4 Å². The van der Waals surface area contributed by atoms with E-state index in [1.54, 1.807) is 36.4 Å². The number of benzene rings is 2. The van der Waals surface area contributed by atoms with Gasteiger partial charge in [0, 0.05) is 11.8 Å². The molecule has 0 aliphatic heterocycles. The maximum Gasteiger partial charge on any atom is 0.277 e. The molecule has 8 heteroatoms. The summed E-state index contributed by atoms with van der Waals surface area (Å²) in [6.45, 7) is 0. The van der Waals surface area contributed by atoms with Crippen molar-refractivity contribution in [3.8, 4) is 0 Å². The summed E-state index contributed by atoms with van der Waals surface area (Å²) in [7, 11) is -3.69. The Morgan fingerprint density at radius 3 is 2.42 bits per heavy atom. The van der Waals surface area contributed by atoms with Gasteiger partial charge in [-0.3, -0.25) is 9.52 Å². The highest BCUT2D eigenvalue weighted by molar-refractivity contribution is 7.92. The molecular weight excluding hydrogens is 330 g/mol. The van der Waals surface area contributed by atoms with Crippen molar-refractivity contribution in [2.45, 2.75) is 4.90 Å². The van der Waals surface area contributed by atoms with Crippen LogP contribution >= 0.6 is 0 Å². The van der Waals surface area contributed by atoms with Gasteiger partial charge >= 0.3 is 0 Å². The van der Waals surface area contributed by atoms with Gasteiger partial charge in [-0.2, -0.15) is 0 Å². The maximum absolute atomic E-state index is 12.3. The first-order chi connectivity index (χ1) is 11.5. The van der Waals surface area contributed by atoms with Crippen molar-refractivity contribution in [3.05, 3.63) is 72.6 Å². The lowest BCUT2D eigenvalue weighted by Crippen LogP contribution is -2.14. The normalized spacial score (nSPS) is 11.0. The van der Waals surface area contributed by atoms with Gasteiger partial charge in [-0.15, -0.1) is 0 Å². The Hall–Kier alpha value is -3.13. The number of amides is 1. The molecule has 0 unspecified atom stereocenters. The second-order valence-corrected chi connectivity index (χ2v) is 6.52. The molecule has 0 bridgehead atoms. The van der Waals surface area contributed by atoms with E-state index in [1.807, 2.05) is 0 Å². The van der Waals surface area contributed by atoms with Gasteiger partial charge in [-0.1, -0.05) is 29.4 Å². The number of nitrogens with one attached hydrogen (secondary N) is 2. The van der Waals surface area contributed by atoms with Crippen LogP contribution in [0.3, 0.4) is 0 Å². The Morgan fingerprint density at radius 2 is 1.71 bits per heavy atom. The first-order valence-electron chi connectivity index (χ1n) is 6.94. The minimum atomic E-state index is -3.69. The molecular formula is C16H13N3O4S. The molecule has 0 atom stereocenters. The molecule has 0 aliphatic rings. The molecule has 3 aromatic rings. The number of anilines is 2. The Bertz CT molecular complexity index is 938. The standard InChI is InChI=1S/C16H13N3O4S/c20-16(15-9-10-23-18-15)17-12-5-4-6-13(11-12)19-24(21,22)14-7-2-1-3-8-14/h1-11,19H,(H,17,20). The van der Waals surface area contributed by atoms with Crippen molar-refractivity contribution in [2.75, 3.05) is 10.0 Å². The summed E-state index contributed by atoms with van der Waals surface area (Å²) in [6.07, 6.45) is 1.29. The van der Waals surface area contributed by atoms with Crippen LogP contribution in [0, 0.1) is 0 Å². The maximum atomic E-state index is 12.3. The number of nitrogens with zero attached hydrogens (tertiary/aromatic N) is 1. The summed E-state index contributed by atoms with van der Waals surface area (Å²) in [6, 6.07) is 15.8. The van der Waals surface area contributed by atoms with E-state index in [-0.39, 0.29) is 10.6 Å². The van der Waals surface area contributed by atoms with E-state index < -0.39 is 15.9 Å². The highest BCUT2D eigenvalue weighted by atomic mass is 32.2. The molecule has 24 heavy (non-hydrogen) atoms. The predicted octanol–water partition coefficient (Wildman–Crippen LogP) is 2.73. The number of carbonyl (C=O) groups is 1. The van der Waals surface area contributed by atoms with Crippen molar-refractivity contribution in [1.82, 2.24) is 5.16 Å². The number of carbonyl (C=O) groups excluding carboxylic acids is 1. The third kappa shape index (κ3) is 3.61. The number of aromatic nitrogens is 1. The molecule has 1 aromatic heterocycles. The Labute approximate surface area is 138 Å². The smallest absolute Gasteiger partial charge is 0.277 e. The molecule has 0 aliphatic carbocycles. The van der Waals surface area contributed by atoms with Crippen molar-refractivity contribution in [3.63, 3.8) is 0 Å². The van der Waals surface area contributed by atoms with E-state index in [0.717, 1.165) is 0 Å². The summed E-state index contributed by atoms with van der Waals surface area (Å²) in [5.41, 5.74) is 0.887. The van der Waals surface area contributed by atoms with Crippen molar-refractivity contribution in [2.24, 2.45) is 0 Å². The largest absolute Gasteiger partial charge is 0.364 e. The zero-order valence-corrected chi connectivity index (χ0v) is 13.2. The zero-order chi connectivity index (χ0) is 17.0. The van der Waals surface area contributed by atoms with Crippen LogP contribution in [0.5, 0.6) is 0 Å². The molecule has 0 saturated carbocycles. The van der Waals surface area contributed by atoms with Gasteiger partial charge in [0.1, 0.15) is 6.26 Å². The quantitative estimate of drug-likeness (QED) is 0.742. The Kier molecular flexibility index (Phi) is 4.30. The molecule has 0 spiro atoms. The lowest BCUT2D eigenvalue weighted by Gasteiger charge is -2.10. The third-order valence-corrected chi connectivity index (χ3v) is 4.49. The topological polar surface area (TPSA) is 101 Å². The van der Waals surface area contributed by atoms with Crippen LogP contribution < -0.4 is 10.0 Å². The van der Waals surface area contributed by atoms with Crippen LogP contribution in [0.25, 0.3) is 0 Å². The Morgan fingerprint density at radius 1 is 0.958 bits per heavy atom. The molecule has 3 rings (SSSR count). The highest BCUT2D eigenvalue weighted by Gasteiger charge is 2.14. The van der Waals surface area contributed by atoms with E-state index in [9.17, 15) is 13.2 Å². The summed E-state index contributed by atoms with van der Waals surface area (Å²) in [5.74, 6) is -0.452. The minimum absolute atomic E-state index is 0.130. The van der Waals surface area contributed by atoms with E-state index in [0.29, 0.717) is 11.4 Å². The molecule has 1 amide bonds. The monoisotopic (exact) mass is 343 g/mol. The van der Waals surface area contributed by atoms with Gasteiger partial charge in [0.25, 0.3) is 15.9 Å². The number of rotatable bonds is 5. The Balaban J connectivity index is 1.77. The summed E-state index contributed by atoms with van der Waals surface area (Å²) >= 11 is 0. The fourth-order valence-electron chi connectivity index (χ4n) is 2.00. The van der Waals surface area contributed by atoms with E-state index >= 15 is 0 Å². The van der Waals surface area contributed by atoms with Crippen molar-refractivity contribution < 1.29 is 17.7 Å². The van der Waals surface area contributed by atoms with Gasteiger partial charge in [0.2, 0.25) is 0 Å². The van der Waals surface area contributed by atoms with Gasteiger partial charge in [-0.25, -0.2) is 8.42 Å². The van der Waals surface area contributed by atoms with Gasteiger partial charge in [-0.05, 0) is 30.3 Å². The van der Waals surface area contributed by atoms with Crippen molar-refractivity contribution in [1.29, 1.82) is 0 Å². The minimum Gasteiger partial charge on any atom is -0.364 e. The molecule has 0 fully saturated rings. The van der Waals surface area contributed by atoms with Crippen LogP contribution in [-0.2, 0) is 10.0 Å². The molecule has 2 aromatic carbocycles. The zero-order valence-electron chi connectivity index (χ0n) is 12.3. The lowest BCUT2D eigenvalue weighted by atomic mass is 10.2. The first kappa shape index (κ1) is 15.8. The predicted molar refractivity (Wildman–Crippen MR) is 88.1 cm³/mol. The highest BCUT2D eigenvalue weighted by Crippen LogP contribution is 2.19.